The maximum absolute atomic E-state index is 12.2. The van der Waals surface area contributed by atoms with Crippen LogP contribution in [0.15, 0.2) is 48.5 Å². The summed E-state index contributed by atoms with van der Waals surface area (Å²) < 4.78 is 0. The van der Waals surface area contributed by atoms with Gasteiger partial charge in [0, 0.05) is 16.1 Å². The van der Waals surface area contributed by atoms with E-state index in [9.17, 15) is 9.59 Å². The van der Waals surface area contributed by atoms with Gasteiger partial charge in [0.15, 0.2) is 0 Å². The molecule has 0 fully saturated rings. The van der Waals surface area contributed by atoms with E-state index in [1.54, 1.807) is 36.4 Å². The number of hydrogen-bond donors (Lipinski definition) is 2. The molecule has 0 aliphatic rings. The summed E-state index contributed by atoms with van der Waals surface area (Å²) in [6.07, 6.45) is 0.423. The van der Waals surface area contributed by atoms with E-state index >= 15 is 0 Å². The molecule has 0 aliphatic carbocycles. The highest BCUT2D eigenvalue weighted by Gasteiger charge is 2.17. The van der Waals surface area contributed by atoms with E-state index < -0.39 is 12.0 Å². The van der Waals surface area contributed by atoms with Crippen LogP contribution in [0.2, 0.25) is 10.0 Å². The average molecular weight is 366 g/mol. The van der Waals surface area contributed by atoms with Crippen LogP contribution in [0.3, 0.4) is 0 Å². The predicted octanol–water partition coefficient (Wildman–Crippen LogP) is 3.74. The van der Waals surface area contributed by atoms with E-state index in [1.165, 1.54) is 0 Å². The van der Waals surface area contributed by atoms with E-state index in [-0.39, 0.29) is 18.7 Å². The van der Waals surface area contributed by atoms with Gasteiger partial charge in [0.25, 0.3) is 0 Å². The molecule has 2 aromatic carbocycles. The SMILES string of the molecule is O=C(O)C[C@H](Cc1ccc(Cl)cc1)NC(=O)Cc1cccc(Cl)c1. The van der Waals surface area contributed by atoms with Crippen molar-refractivity contribution < 1.29 is 14.7 Å². The van der Waals surface area contributed by atoms with Crippen molar-refractivity contribution in [2.45, 2.75) is 25.3 Å². The summed E-state index contributed by atoms with van der Waals surface area (Å²) in [7, 11) is 0. The molecular weight excluding hydrogens is 349 g/mol. The zero-order valence-electron chi connectivity index (χ0n) is 12.8. The number of carbonyl (C=O) groups excluding carboxylic acids is 1. The minimum absolute atomic E-state index is 0.149. The zero-order chi connectivity index (χ0) is 17.5. The molecule has 0 saturated heterocycles. The lowest BCUT2D eigenvalue weighted by Crippen LogP contribution is -2.38. The fourth-order valence-corrected chi connectivity index (χ4v) is 2.74. The number of amides is 1. The molecule has 1 atom stereocenters. The molecule has 0 radical (unpaired) electrons. The Bertz CT molecular complexity index is 716. The van der Waals surface area contributed by atoms with Crippen LogP contribution in [0.1, 0.15) is 17.5 Å². The number of carboxylic acids is 1. The Hall–Kier alpha value is -2.04. The van der Waals surface area contributed by atoms with Gasteiger partial charge >= 0.3 is 5.97 Å². The minimum Gasteiger partial charge on any atom is -0.481 e. The van der Waals surface area contributed by atoms with Crippen LogP contribution in [0.4, 0.5) is 0 Å². The summed E-state index contributed by atoms with van der Waals surface area (Å²) in [6.45, 7) is 0. The van der Waals surface area contributed by atoms with Gasteiger partial charge in [-0.05, 0) is 41.8 Å². The monoisotopic (exact) mass is 365 g/mol. The van der Waals surface area contributed by atoms with E-state index in [4.69, 9.17) is 28.3 Å². The molecule has 0 bridgehead atoms. The highest BCUT2D eigenvalue weighted by Crippen LogP contribution is 2.13. The van der Waals surface area contributed by atoms with Gasteiger partial charge in [0.1, 0.15) is 0 Å². The fraction of sp³-hybridized carbons (Fsp3) is 0.222. The molecule has 2 aromatic rings. The van der Waals surface area contributed by atoms with Gasteiger partial charge in [-0.1, -0.05) is 47.5 Å². The van der Waals surface area contributed by atoms with Crippen LogP contribution in [-0.2, 0) is 22.4 Å². The van der Waals surface area contributed by atoms with E-state index in [1.807, 2.05) is 12.1 Å². The largest absolute Gasteiger partial charge is 0.481 e. The molecule has 0 heterocycles. The summed E-state index contributed by atoms with van der Waals surface area (Å²) in [4.78, 5) is 23.2. The summed E-state index contributed by atoms with van der Waals surface area (Å²) in [6, 6.07) is 13.6. The first-order chi connectivity index (χ1) is 11.4. The van der Waals surface area contributed by atoms with Gasteiger partial charge in [-0.15, -0.1) is 0 Å². The van der Waals surface area contributed by atoms with Crippen molar-refractivity contribution >= 4 is 35.1 Å². The second-order valence-electron chi connectivity index (χ2n) is 5.50. The Morgan fingerprint density at radius 3 is 2.33 bits per heavy atom. The molecule has 2 N–H and O–H groups in total. The van der Waals surface area contributed by atoms with Crippen LogP contribution in [-0.4, -0.2) is 23.0 Å². The Morgan fingerprint density at radius 1 is 1.00 bits per heavy atom. The Labute approximate surface area is 150 Å². The molecule has 24 heavy (non-hydrogen) atoms. The first-order valence-corrected chi connectivity index (χ1v) is 8.18. The molecule has 1 amide bonds. The van der Waals surface area contributed by atoms with Crippen molar-refractivity contribution in [1.29, 1.82) is 0 Å². The van der Waals surface area contributed by atoms with E-state index in [0.717, 1.165) is 11.1 Å². The van der Waals surface area contributed by atoms with E-state index in [0.29, 0.717) is 16.5 Å². The van der Waals surface area contributed by atoms with Crippen LogP contribution in [0, 0.1) is 0 Å². The number of halogens is 2. The summed E-state index contributed by atoms with van der Waals surface area (Å²) >= 11 is 11.7. The van der Waals surface area contributed by atoms with Gasteiger partial charge in [-0.2, -0.15) is 0 Å². The van der Waals surface area contributed by atoms with Gasteiger partial charge < -0.3 is 10.4 Å². The lowest BCUT2D eigenvalue weighted by atomic mass is 10.0. The van der Waals surface area contributed by atoms with Gasteiger partial charge in [-0.25, -0.2) is 0 Å². The molecule has 0 spiro atoms. The van der Waals surface area contributed by atoms with Crippen LogP contribution < -0.4 is 5.32 Å². The maximum atomic E-state index is 12.2. The van der Waals surface area contributed by atoms with Crippen molar-refractivity contribution in [2.75, 3.05) is 0 Å². The third kappa shape index (κ3) is 6.22. The lowest BCUT2D eigenvalue weighted by molar-refractivity contribution is -0.137. The predicted molar refractivity (Wildman–Crippen MR) is 94.5 cm³/mol. The third-order valence-electron chi connectivity index (χ3n) is 3.44. The van der Waals surface area contributed by atoms with Crippen LogP contribution >= 0.6 is 23.2 Å². The zero-order valence-corrected chi connectivity index (χ0v) is 14.3. The van der Waals surface area contributed by atoms with Gasteiger partial charge in [-0.3, -0.25) is 9.59 Å². The molecule has 0 saturated carbocycles. The topological polar surface area (TPSA) is 66.4 Å². The number of carbonyl (C=O) groups is 2. The quantitative estimate of drug-likeness (QED) is 0.785. The first-order valence-electron chi connectivity index (χ1n) is 7.42. The summed E-state index contributed by atoms with van der Waals surface area (Å²) in [5.74, 6) is -1.20. The van der Waals surface area contributed by atoms with Crippen molar-refractivity contribution in [3.63, 3.8) is 0 Å². The van der Waals surface area contributed by atoms with Crippen LogP contribution in [0.5, 0.6) is 0 Å². The molecule has 2 rings (SSSR count). The molecule has 0 unspecified atom stereocenters. The Kier molecular flexibility index (Phi) is 6.64. The second kappa shape index (κ2) is 8.71. The Balaban J connectivity index is 2.00. The normalized spacial score (nSPS) is 11.8. The van der Waals surface area contributed by atoms with Gasteiger partial charge in [0.2, 0.25) is 5.91 Å². The number of carboxylic acid groups (broad SMARTS) is 1. The van der Waals surface area contributed by atoms with Crippen molar-refractivity contribution in [2.24, 2.45) is 0 Å². The first kappa shape index (κ1) is 18.3. The summed E-state index contributed by atoms with van der Waals surface area (Å²) in [5, 5.41) is 13.0. The fourth-order valence-electron chi connectivity index (χ4n) is 2.40. The van der Waals surface area contributed by atoms with Crippen LogP contribution in [0.25, 0.3) is 0 Å². The minimum atomic E-state index is -0.961. The number of nitrogens with one attached hydrogen (secondary N) is 1. The number of rotatable bonds is 7. The smallest absolute Gasteiger partial charge is 0.305 e. The maximum Gasteiger partial charge on any atom is 0.305 e. The van der Waals surface area contributed by atoms with Gasteiger partial charge in [0.05, 0.1) is 12.8 Å². The number of hydrogen-bond acceptors (Lipinski definition) is 2. The third-order valence-corrected chi connectivity index (χ3v) is 3.92. The standard InChI is InChI=1S/C18H17Cl2NO3/c19-14-6-4-12(5-7-14)9-16(11-18(23)24)21-17(22)10-13-2-1-3-15(20)8-13/h1-8,16H,9-11H2,(H,21,22)(H,23,24)/t16-/m0/s1. The van der Waals surface area contributed by atoms with Crippen molar-refractivity contribution in [3.05, 3.63) is 69.7 Å². The lowest BCUT2D eigenvalue weighted by Gasteiger charge is -2.17. The number of aliphatic carboxylic acids is 1. The molecule has 0 aromatic heterocycles. The molecule has 6 heteroatoms. The average Bonchev–Trinajstić information content (AvgIpc) is 2.48. The summed E-state index contributed by atoms with van der Waals surface area (Å²) in [5.41, 5.74) is 1.69. The molecule has 0 aliphatic heterocycles. The highest BCUT2D eigenvalue weighted by molar-refractivity contribution is 6.30. The second-order valence-corrected chi connectivity index (χ2v) is 6.37. The highest BCUT2D eigenvalue weighted by atomic mass is 35.5. The van der Waals surface area contributed by atoms with Crippen molar-refractivity contribution in [1.82, 2.24) is 5.32 Å². The number of benzene rings is 2. The molecular formula is C18H17Cl2NO3. The van der Waals surface area contributed by atoms with Crippen molar-refractivity contribution in [3.8, 4) is 0 Å². The molecule has 126 valence electrons. The Morgan fingerprint density at radius 2 is 1.71 bits per heavy atom. The van der Waals surface area contributed by atoms with E-state index in [2.05, 4.69) is 5.32 Å². The molecule has 4 nitrogen and oxygen atoms in total.